The summed E-state index contributed by atoms with van der Waals surface area (Å²) in [5.74, 6) is -1.51. The lowest BCUT2D eigenvalue weighted by Crippen LogP contribution is -2.09. The Morgan fingerprint density at radius 3 is 2.28 bits per heavy atom. The van der Waals surface area contributed by atoms with Crippen molar-refractivity contribution in [2.75, 3.05) is 11.5 Å². The van der Waals surface area contributed by atoms with Gasteiger partial charge < -0.3 is 11.5 Å². The van der Waals surface area contributed by atoms with Gasteiger partial charge in [-0.1, -0.05) is 0 Å². The van der Waals surface area contributed by atoms with E-state index in [4.69, 9.17) is 11.5 Å². The highest BCUT2D eigenvalue weighted by Gasteiger charge is 2.31. The Morgan fingerprint density at radius 2 is 1.78 bits per heavy atom. The van der Waals surface area contributed by atoms with Crippen LogP contribution in [0.5, 0.6) is 0 Å². The summed E-state index contributed by atoms with van der Waals surface area (Å²) in [6, 6.07) is 1.92. The predicted molar refractivity (Wildman–Crippen MR) is 55.1 cm³/mol. The third-order valence-corrected chi connectivity index (χ3v) is 2.10. The van der Waals surface area contributed by atoms with Gasteiger partial charge in [-0.25, -0.2) is 4.39 Å². The highest BCUT2D eigenvalue weighted by atomic mass is 19.4. The molecular weight excluding hydrogens is 254 g/mol. The molecule has 0 unspecified atom stereocenters. The summed E-state index contributed by atoms with van der Waals surface area (Å²) >= 11 is 0. The van der Waals surface area contributed by atoms with Crippen LogP contribution in [0, 0.1) is 5.82 Å². The lowest BCUT2D eigenvalue weighted by Gasteiger charge is -2.09. The number of nitrogens with two attached hydrogens (primary N) is 2. The average Bonchev–Trinajstić information content (AvgIpc) is 2.55. The van der Waals surface area contributed by atoms with Crippen LogP contribution >= 0.6 is 0 Å². The van der Waals surface area contributed by atoms with E-state index in [0.717, 1.165) is 10.7 Å². The molecule has 0 aliphatic heterocycles. The van der Waals surface area contributed by atoms with Crippen LogP contribution < -0.4 is 11.5 Å². The van der Waals surface area contributed by atoms with Crippen LogP contribution in [0.1, 0.15) is 5.56 Å². The number of nitrogen functional groups attached to an aromatic ring is 2. The number of rotatable bonds is 1. The first kappa shape index (κ1) is 12.1. The highest BCUT2D eigenvalue weighted by molar-refractivity contribution is 5.43. The smallest absolute Gasteiger partial charge is 0.368 e. The Morgan fingerprint density at radius 1 is 1.11 bits per heavy atom. The second kappa shape index (κ2) is 3.86. The van der Waals surface area contributed by atoms with Gasteiger partial charge in [-0.05, 0) is 18.2 Å². The molecule has 18 heavy (non-hydrogen) atoms. The summed E-state index contributed by atoms with van der Waals surface area (Å²) in [6.07, 6.45) is -4.67. The normalized spacial score (nSPS) is 11.8. The maximum Gasteiger partial charge on any atom is 0.416 e. The van der Waals surface area contributed by atoms with E-state index in [1.54, 1.807) is 0 Å². The monoisotopic (exact) mass is 261 g/mol. The fourth-order valence-electron chi connectivity index (χ4n) is 1.39. The summed E-state index contributed by atoms with van der Waals surface area (Å²) in [7, 11) is 0. The zero-order chi connectivity index (χ0) is 13.5. The molecular formula is C9H7F4N5. The van der Waals surface area contributed by atoms with Crippen LogP contribution in [0.15, 0.2) is 18.2 Å². The van der Waals surface area contributed by atoms with E-state index < -0.39 is 17.6 Å². The zero-order valence-electron chi connectivity index (χ0n) is 8.74. The topological polar surface area (TPSA) is 82.7 Å². The Bertz CT molecular complexity index is 589. The zero-order valence-corrected chi connectivity index (χ0v) is 8.74. The number of aromatic nitrogens is 3. The molecule has 2 aromatic rings. The summed E-state index contributed by atoms with van der Waals surface area (Å²) in [5.41, 5.74) is 9.28. The van der Waals surface area contributed by atoms with Gasteiger partial charge in [-0.2, -0.15) is 22.8 Å². The third kappa shape index (κ3) is 2.19. The van der Waals surface area contributed by atoms with E-state index in [1.807, 2.05) is 0 Å². The van der Waals surface area contributed by atoms with Crippen molar-refractivity contribution in [3.63, 3.8) is 0 Å². The van der Waals surface area contributed by atoms with Gasteiger partial charge in [0.25, 0.3) is 0 Å². The van der Waals surface area contributed by atoms with Crippen LogP contribution in [-0.4, -0.2) is 14.8 Å². The van der Waals surface area contributed by atoms with Gasteiger partial charge in [-0.15, -0.1) is 5.10 Å². The van der Waals surface area contributed by atoms with Crippen molar-refractivity contribution in [2.24, 2.45) is 0 Å². The molecule has 4 N–H and O–H groups in total. The standard InChI is InChI=1S/C9H7F4N5/c10-5-1-4(9(11,12)13)2-6(3-5)18-8(15)16-7(14)17-18/h1-3H,(H4,14,15,16,17). The Hall–Kier alpha value is -2.32. The van der Waals surface area contributed by atoms with Gasteiger partial charge >= 0.3 is 6.18 Å². The molecule has 0 fully saturated rings. The maximum atomic E-state index is 13.1. The fourth-order valence-corrected chi connectivity index (χ4v) is 1.39. The minimum atomic E-state index is -4.67. The van der Waals surface area contributed by atoms with Crippen molar-refractivity contribution in [3.8, 4) is 5.69 Å². The van der Waals surface area contributed by atoms with Crippen LogP contribution in [0.25, 0.3) is 5.69 Å². The van der Waals surface area contributed by atoms with Gasteiger partial charge in [0.15, 0.2) is 0 Å². The number of hydrogen-bond donors (Lipinski definition) is 2. The first-order chi connectivity index (χ1) is 8.27. The molecule has 0 saturated carbocycles. The number of anilines is 2. The minimum absolute atomic E-state index is 0.205. The molecule has 0 saturated heterocycles. The molecule has 0 atom stereocenters. The van der Waals surface area contributed by atoms with Gasteiger partial charge in [0.05, 0.1) is 11.3 Å². The van der Waals surface area contributed by atoms with E-state index in [0.29, 0.717) is 12.1 Å². The molecule has 0 spiro atoms. The number of hydrogen-bond acceptors (Lipinski definition) is 4. The minimum Gasteiger partial charge on any atom is -0.368 e. The fraction of sp³-hybridized carbons (Fsp3) is 0.111. The molecule has 2 rings (SSSR count). The molecule has 1 heterocycles. The molecule has 0 aliphatic rings. The van der Waals surface area contributed by atoms with Crippen LogP contribution in [-0.2, 0) is 6.18 Å². The third-order valence-electron chi connectivity index (χ3n) is 2.10. The average molecular weight is 261 g/mol. The van der Waals surface area contributed by atoms with Crippen LogP contribution in [0.2, 0.25) is 0 Å². The molecule has 0 radical (unpaired) electrons. The molecule has 1 aromatic carbocycles. The van der Waals surface area contributed by atoms with Gasteiger partial charge in [-0.3, -0.25) is 0 Å². The molecule has 0 amide bonds. The summed E-state index contributed by atoms with van der Waals surface area (Å²) in [4.78, 5) is 3.51. The van der Waals surface area contributed by atoms with Crippen molar-refractivity contribution < 1.29 is 17.6 Å². The number of alkyl halides is 3. The molecule has 0 bridgehead atoms. The second-order valence-electron chi connectivity index (χ2n) is 3.44. The predicted octanol–water partition coefficient (Wildman–Crippen LogP) is 1.59. The van der Waals surface area contributed by atoms with E-state index in [9.17, 15) is 17.6 Å². The summed E-state index contributed by atoms with van der Waals surface area (Å²) in [6.45, 7) is 0. The number of halogens is 4. The lowest BCUT2D eigenvalue weighted by molar-refractivity contribution is -0.137. The molecule has 9 heteroatoms. The maximum absolute atomic E-state index is 13.1. The van der Waals surface area contributed by atoms with Gasteiger partial charge in [0, 0.05) is 0 Å². The molecule has 96 valence electrons. The Labute approximate surface area is 98.0 Å². The van der Waals surface area contributed by atoms with Crippen LogP contribution in [0.4, 0.5) is 29.5 Å². The number of nitrogens with zero attached hydrogens (tertiary/aromatic N) is 3. The van der Waals surface area contributed by atoms with Gasteiger partial charge in [0.2, 0.25) is 11.9 Å². The molecule has 5 nitrogen and oxygen atoms in total. The van der Waals surface area contributed by atoms with E-state index in [1.165, 1.54) is 0 Å². The largest absolute Gasteiger partial charge is 0.416 e. The van der Waals surface area contributed by atoms with Crippen molar-refractivity contribution in [2.45, 2.75) is 6.18 Å². The van der Waals surface area contributed by atoms with E-state index in [-0.39, 0.29) is 17.6 Å². The highest BCUT2D eigenvalue weighted by Crippen LogP contribution is 2.31. The Balaban J connectivity index is 2.59. The van der Waals surface area contributed by atoms with E-state index >= 15 is 0 Å². The second-order valence-corrected chi connectivity index (χ2v) is 3.44. The molecule has 1 aromatic heterocycles. The van der Waals surface area contributed by atoms with Crippen LogP contribution in [0.3, 0.4) is 0 Å². The lowest BCUT2D eigenvalue weighted by atomic mass is 10.2. The van der Waals surface area contributed by atoms with Gasteiger partial charge in [0.1, 0.15) is 5.82 Å². The van der Waals surface area contributed by atoms with Crippen molar-refractivity contribution in [3.05, 3.63) is 29.6 Å². The quantitative estimate of drug-likeness (QED) is 0.763. The Kier molecular flexibility index (Phi) is 2.60. The van der Waals surface area contributed by atoms with E-state index in [2.05, 4.69) is 10.1 Å². The van der Waals surface area contributed by atoms with Crippen molar-refractivity contribution in [1.82, 2.24) is 14.8 Å². The summed E-state index contributed by atoms with van der Waals surface area (Å²) < 4.78 is 51.5. The van der Waals surface area contributed by atoms with Crippen molar-refractivity contribution in [1.29, 1.82) is 0 Å². The van der Waals surface area contributed by atoms with Crippen molar-refractivity contribution >= 4 is 11.9 Å². The SMILES string of the molecule is Nc1nc(N)n(-c2cc(F)cc(C(F)(F)F)c2)n1. The molecule has 0 aliphatic carbocycles. The summed E-state index contributed by atoms with van der Waals surface area (Å²) in [5, 5.41) is 3.57. The number of benzene rings is 1. The first-order valence-electron chi connectivity index (χ1n) is 4.63. The first-order valence-corrected chi connectivity index (χ1v) is 4.63.